The molecule has 0 radical (unpaired) electrons. The fraction of sp³-hybridized carbons (Fsp3) is 1.00. The summed E-state index contributed by atoms with van der Waals surface area (Å²) in [6.07, 6.45) is 10.8. The Bertz CT molecular complexity index is 287. The Kier molecular flexibility index (Phi) is 6.25. The largest absolute Gasteiger partial charge is 0.311 e. The van der Waals surface area contributed by atoms with Crippen molar-refractivity contribution in [3.63, 3.8) is 0 Å². The van der Waals surface area contributed by atoms with Crippen LogP contribution in [0.25, 0.3) is 0 Å². The fourth-order valence-corrected chi connectivity index (χ4v) is 5.00. The van der Waals surface area contributed by atoms with Crippen LogP contribution >= 0.6 is 11.8 Å². The third kappa shape index (κ3) is 3.92. The zero-order valence-corrected chi connectivity index (χ0v) is 14.8. The van der Waals surface area contributed by atoms with Crippen molar-refractivity contribution in [2.75, 3.05) is 25.9 Å². The highest BCUT2D eigenvalue weighted by Gasteiger charge is 2.37. The molecular formula is C17H34N2S. The lowest BCUT2D eigenvalue weighted by molar-refractivity contribution is 0.0805. The molecule has 2 fully saturated rings. The van der Waals surface area contributed by atoms with E-state index in [4.69, 9.17) is 0 Å². The van der Waals surface area contributed by atoms with Crippen LogP contribution in [0.3, 0.4) is 0 Å². The van der Waals surface area contributed by atoms with Crippen LogP contribution in [-0.4, -0.2) is 47.6 Å². The second-order valence-electron chi connectivity index (χ2n) is 7.20. The van der Waals surface area contributed by atoms with Crippen molar-refractivity contribution in [3.8, 4) is 0 Å². The maximum Gasteiger partial charge on any atom is 0.0284 e. The van der Waals surface area contributed by atoms with Crippen molar-refractivity contribution < 1.29 is 0 Å². The highest BCUT2D eigenvalue weighted by molar-refractivity contribution is 8.00. The first-order chi connectivity index (χ1) is 9.60. The van der Waals surface area contributed by atoms with Gasteiger partial charge >= 0.3 is 0 Å². The van der Waals surface area contributed by atoms with E-state index in [2.05, 4.69) is 49.0 Å². The quantitative estimate of drug-likeness (QED) is 0.832. The fourth-order valence-electron chi connectivity index (χ4n) is 4.01. The van der Waals surface area contributed by atoms with Crippen molar-refractivity contribution in [1.82, 2.24) is 10.2 Å². The van der Waals surface area contributed by atoms with E-state index in [9.17, 15) is 0 Å². The number of piperazine rings is 1. The summed E-state index contributed by atoms with van der Waals surface area (Å²) in [5, 5.41) is 3.75. The van der Waals surface area contributed by atoms with Crippen LogP contribution in [0.15, 0.2) is 0 Å². The van der Waals surface area contributed by atoms with Gasteiger partial charge in [-0.1, -0.05) is 40.0 Å². The molecule has 118 valence electrons. The van der Waals surface area contributed by atoms with Gasteiger partial charge in [0.25, 0.3) is 0 Å². The molecule has 20 heavy (non-hydrogen) atoms. The Morgan fingerprint density at radius 1 is 1.25 bits per heavy atom. The van der Waals surface area contributed by atoms with Crippen LogP contribution in [0, 0.1) is 5.92 Å². The Morgan fingerprint density at radius 3 is 2.50 bits per heavy atom. The van der Waals surface area contributed by atoms with E-state index in [1.54, 1.807) is 0 Å². The summed E-state index contributed by atoms with van der Waals surface area (Å²) < 4.78 is 0.543. The van der Waals surface area contributed by atoms with Gasteiger partial charge in [0, 0.05) is 36.5 Å². The van der Waals surface area contributed by atoms with Gasteiger partial charge < -0.3 is 5.32 Å². The Balaban J connectivity index is 2.05. The van der Waals surface area contributed by atoms with Crippen LogP contribution in [0.1, 0.15) is 59.3 Å². The van der Waals surface area contributed by atoms with Gasteiger partial charge in [0.15, 0.2) is 0 Å². The molecule has 1 N–H and O–H groups in total. The van der Waals surface area contributed by atoms with Crippen LogP contribution < -0.4 is 5.32 Å². The standard InChI is InChI=1S/C17H34N2S/c1-5-15-12-19(16(11-18-15)14(2)3)13-17(20-4)9-7-6-8-10-17/h14-16,18H,5-13H2,1-4H3. The van der Waals surface area contributed by atoms with Gasteiger partial charge in [-0.15, -0.1) is 0 Å². The van der Waals surface area contributed by atoms with E-state index < -0.39 is 0 Å². The van der Waals surface area contributed by atoms with Crippen LogP contribution in [0.4, 0.5) is 0 Å². The van der Waals surface area contributed by atoms with Gasteiger partial charge in [0.1, 0.15) is 0 Å². The van der Waals surface area contributed by atoms with Gasteiger partial charge in [0.05, 0.1) is 0 Å². The Morgan fingerprint density at radius 2 is 1.95 bits per heavy atom. The zero-order valence-electron chi connectivity index (χ0n) is 14.0. The molecule has 0 amide bonds. The highest BCUT2D eigenvalue weighted by Crippen LogP contribution is 2.40. The molecule has 2 atom stereocenters. The van der Waals surface area contributed by atoms with Crippen molar-refractivity contribution in [3.05, 3.63) is 0 Å². The van der Waals surface area contributed by atoms with Crippen molar-refractivity contribution in [2.24, 2.45) is 5.92 Å². The minimum Gasteiger partial charge on any atom is -0.311 e. The zero-order chi connectivity index (χ0) is 14.6. The first kappa shape index (κ1) is 16.6. The molecule has 0 spiro atoms. The SMILES string of the molecule is CCC1CN(CC2(SC)CCCCC2)C(C(C)C)CN1. The molecule has 3 heteroatoms. The molecule has 2 rings (SSSR count). The number of nitrogens with zero attached hydrogens (tertiary/aromatic N) is 1. The minimum atomic E-state index is 0.543. The molecule has 0 aromatic heterocycles. The molecule has 2 unspecified atom stereocenters. The predicted molar refractivity (Wildman–Crippen MR) is 91.6 cm³/mol. The van der Waals surface area contributed by atoms with Crippen molar-refractivity contribution in [1.29, 1.82) is 0 Å². The number of nitrogens with one attached hydrogen (secondary N) is 1. The molecular weight excluding hydrogens is 264 g/mol. The Hall–Kier alpha value is 0.270. The van der Waals surface area contributed by atoms with Gasteiger partial charge in [-0.05, 0) is 31.4 Å². The molecule has 0 bridgehead atoms. The normalized spacial score (nSPS) is 31.6. The minimum absolute atomic E-state index is 0.543. The summed E-state index contributed by atoms with van der Waals surface area (Å²) in [6, 6.07) is 1.43. The molecule has 1 aliphatic carbocycles. The summed E-state index contributed by atoms with van der Waals surface area (Å²) in [5.41, 5.74) is 0. The summed E-state index contributed by atoms with van der Waals surface area (Å²) in [6.45, 7) is 10.8. The van der Waals surface area contributed by atoms with Crippen LogP contribution in [-0.2, 0) is 0 Å². The van der Waals surface area contributed by atoms with Gasteiger partial charge in [-0.2, -0.15) is 11.8 Å². The molecule has 1 saturated carbocycles. The molecule has 1 saturated heterocycles. The number of rotatable bonds is 5. The molecule has 0 aromatic carbocycles. The molecule has 1 aliphatic heterocycles. The van der Waals surface area contributed by atoms with Crippen molar-refractivity contribution >= 4 is 11.8 Å². The smallest absolute Gasteiger partial charge is 0.0284 e. The predicted octanol–water partition coefficient (Wildman–Crippen LogP) is 3.76. The third-order valence-corrected chi connectivity index (χ3v) is 6.89. The monoisotopic (exact) mass is 298 g/mol. The lowest BCUT2D eigenvalue weighted by Crippen LogP contribution is -2.60. The van der Waals surface area contributed by atoms with E-state index >= 15 is 0 Å². The molecule has 2 nitrogen and oxygen atoms in total. The first-order valence-electron chi connectivity index (χ1n) is 8.63. The average Bonchev–Trinajstić information content (AvgIpc) is 2.47. The van der Waals surface area contributed by atoms with E-state index in [-0.39, 0.29) is 0 Å². The van der Waals surface area contributed by atoms with Gasteiger partial charge in [0.2, 0.25) is 0 Å². The third-order valence-electron chi connectivity index (χ3n) is 5.49. The maximum absolute atomic E-state index is 3.75. The second kappa shape index (κ2) is 7.51. The Labute approximate surface area is 130 Å². The summed E-state index contributed by atoms with van der Waals surface area (Å²) in [7, 11) is 0. The van der Waals surface area contributed by atoms with E-state index in [0.717, 1.165) is 12.0 Å². The van der Waals surface area contributed by atoms with E-state index in [1.165, 1.54) is 58.2 Å². The molecule has 2 aliphatic rings. The van der Waals surface area contributed by atoms with Crippen molar-refractivity contribution in [2.45, 2.75) is 76.1 Å². The second-order valence-corrected chi connectivity index (χ2v) is 8.48. The lowest BCUT2D eigenvalue weighted by atomic mass is 9.86. The first-order valence-corrected chi connectivity index (χ1v) is 9.85. The summed E-state index contributed by atoms with van der Waals surface area (Å²) in [5.74, 6) is 0.753. The lowest BCUT2D eigenvalue weighted by Gasteiger charge is -2.48. The molecule has 1 heterocycles. The van der Waals surface area contributed by atoms with Crippen LogP contribution in [0.5, 0.6) is 0 Å². The van der Waals surface area contributed by atoms with E-state index in [1.807, 2.05) is 0 Å². The van der Waals surface area contributed by atoms with Gasteiger partial charge in [-0.3, -0.25) is 4.90 Å². The topological polar surface area (TPSA) is 15.3 Å². The maximum atomic E-state index is 3.75. The van der Waals surface area contributed by atoms with E-state index in [0.29, 0.717) is 10.8 Å². The van der Waals surface area contributed by atoms with Crippen LogP contribution in [0.2, 0.25) is 0 Å². The van der Waals surface area contributed by atoms with Gasteiger partial charge in [-0.25, -0.2) is 0 Å². The number of thioether (sulfide) groups is 1. The highest BCUT2D eigenvalue weighted by atomic mass is 32.2. The average molecular weight is 299 g/mol. The number of hydrogen-bond acceptors (Lipinski definition) is 3. The summed E-state index contributed by atoms with van der Waals surface area (Å²) >= 11 is 2.15. The number of hydrogen-bond donors (Lipinski definition) is 1. The molecule has 0 aromatic rings. The summed E-state index contributed by atoms with van der Waals surface area (Å²) in [4.78, 5) is 2.83.